The van der Waals surface area contributed by atoms with Crippen LogP contribution in [0.5, 0.6) is 0 Å². The number of nitrogens with zero attached hydrogens (tertiary/aromatic N) is 1. The van der Waals surface area contributed by atoms with Gasteiger partial charge in [-0.3, -0.25) is 5.32 Å². The molecule has 1 heterocycles. The number of alkyl halides is 3. The second-order valence-corrected chi connectivity index (χ2v) is 4.39. The number of amides is 1. The summed E-state index contributed by atoms with van der Waals surface area (Å²) in [6.07, 6.45) is -5.46. The van der Waals surface area contributed by atoms with Gasteiger partial charge in [0.15, 0.2) is 0 Å². The number of aromatic amines is 1. The van der Waals surface area contributed by atoms with Crippen molar-refractivity contribution in [3.05, 3.63) is 23.8 Å². The minimum atomic E-state index is -4.43. The Morgan fingerprint density at radius 3 is 2.70 bits per heavy atom. The first-order chi connectivity index (χ1) is 9.25. The molecule has 20 heavy (non-hydrogen) atoms. The van der Waals surface area contributed by atoms with Crippen molar-refractivity contribution in [3.8, 4) is 0 Å². The molecular formula is C12H12F3N3O2. The number of hydrogen-bond donors (Lipinski definition) is 2. The monoisotopic (exact) mass is 287 g/mol. The Morgan fingerprint density at radius 1 is 1.40 bits per heavy atom. The first kappa shape index (κ1) is 14.2. The third kappa shape index (κ3) is 3.19. The van der Waals surface area contributed by atoms with Crippen molar-refractivity contribution in [2.45, 2.75) is 26.1 Å². The van der Waals surface area contributed by atoms with Crippen LogP contribution in [0.3, 0.4) is 0 Å². The lowest BCUT2D eigenvalue weighted by Crippen LogP contribution is -2.18. The summed E-state index contributed by atoms with van der Waals surface area (Å²) in [5.74, 6) is 0.0324. The van der Waals surface area contributed by atoms with E-state index in [-0.39, 0.29) is 17.6 Å². The maximum atomic E-state index is 12.6. The van der Waals surface area contributed by atoms with Crippen LogP contribution < -0.4 is 5.32 Å². The van der Waals surface area contributed by atoms with Crippen molar-refractivity contribution in [1.29, 1.82) is 0 Å². The molecule has 0 atom stereocenters. The highest BCUT2D eigenvalue weighted by atomic mass is 19.4. The van der Waals surface area contributed by atoms with E-state index in [9.17, 15) is 18.0 Å². The number of H-pyrrole nitrogens is 1. The minimum Gasteiger partial charge on any atom is -0.447 e. The van der Waals surface area contributed by atoms with Gasteiger partial charge in [-0.2, -0.15) is 13.2 Å². The zero-order valence-corrected chi connectivity index (χ0v) is 10.7. The standard InChI is InChI=1S/C12H12F3N3O2/c1-6(2)20-11(19)18-10-16-8-4-3-7(12(13,14)15)5-9(8)17-10/h3-6H,1-2H3,(H2,16,17,18,19). The Bertz CT molecular complexity index is 634. The van der Waals surface area contributed by atoms with E-state index in [4.69, 9.17) is 4.74 Å². The van der Waals surface area contributed by atoms with Crippen LogP contribution in [0, 0.1) is 0 Å². The fourth-order valence-electron chi connectivity index (χ4n) is 1.59. The van der Waals surface area contributed by atoms with Crippen LogP contribution in [0.15, 0.2) is 18.2 Å². The van der Waals surface area contributed by atoms with E-state index in [2.05, 4.69) is 15.3 Å². The number of hydrogen-bond acceptors (Lipinski definition) is 3. The minimum absolute atomic E-state index is 0.0324. The molecule has 8 heteroatoms. The van der Waals surface area contributed by atoms with Crippen molar-refractivity contribution >= 4 is 23.1 Å². The van der Waals surface area contributed by atoms with Gasteiger partial charge < -0.3 is 9.72 Å². The zero-order valence-electron chi connectivity index (χ0n) is 10.7. The Morgan fingerprint density at radius 2 is 2.10 bits per heavy atom. The van der Waals surface area contributed by atoms with Crippen LogP contribution >= 0.6 is 0 Å². The lowest BCUT2D eigenvalue weighted by molar-refractivity contribution is -0.137. The fourth-order valence-corrected chi connectivity index (χ4v) is 1.59. The first-order valence-corrected chi connectivity index (χ1v) is 5.80. The molecule has 1 aromatic carbocycles. The SMILES string of the molecule is CC(C)OC(=O)Nc1nc2ccc(C(F)(F)F)cc2[nH]1. The van der Waals surface area contributed by atoms with E-state index in [1.54, 1.807) is 13.8 Å². The summed E-state index contributed by atoms with van der Waals surface area (Å²) >= 11 is 0. The smallest absolute Gasteiger partial charge is 0.416 e. The molecule has 0 aliphatic heterocycles. The normalized spacial score (nSPS) is 11.9. The number of carbonyl (C=O) groups excluding carboxylic acids is 1. The highest BCUT2D eigenvalue weighted by molar-refractivity contribution is 5.86. The summed E-state index contributed by atoms with van der Waals surface area (Å²) in [5, 5.41) is 2.31. The van der Waals surface area contributed by atoms with Gasteiger partial charge in [0.2, 0.25) is 5.95 Å². The summed E-state index contributed by atoms with van der Waals surface area (Å²) in [4.78, 5) is 17.9. The molecule has 2 N–H and O–H groups in total. The predicted octanol–water partition coefficient (Wildman–Crippen LogP) is 3.54. The summed E-state index contributed by atoms with van der Waals surface area (Å²) < 4.78 is 42.5. The highest BCUT2D eigenvalue weighted by Gasteiger charge is 2.30. The molecule has 1 amide bonds. The Kier molecular flexibility index (Phi) is 3.56. The quantitative estimate of drug-likeness (QED) is 0.887. The molecule has 1 aromatic heterocycles. The van der Waals surface area contributed by atoms with Gasteiger partial charge in [-0.1, -0.05) is 0 Å². The number of rotatable bonds is 2. The molecule has 0 spiro atoms. The van der Waals surface area contributed by atoms with Crippen LogP contribution in [0.4, 0.5) is 23.9 Å². The van der Waals surface area contributed by atoms with Gasteiger partial charge in [-0.25, -0.2) is 9.78 Å². The molecule has 0 radical (unpaired) electrons. The molecule has 0 bridgehead atoms. The third-order valence-corrected chi connectivity index (χ3v) is 2.37. The van der Waals surface area contributed by atoms with E-state index in [0.717, 1.165) is 12.1 Å². The van der Waals surface area contributed by atoms with Crippen LogP contribution in [0.2, 0.25) is 0 Å². The average molecular weight is 287 g/mol. The summed E-state index contributed by atoms with van der Waals surface area (Å²) in [7, 11) is 0. The van der Waals surface area contributed by atoms with Gasteiger partial charge in [-0.15, -0.1) is 0 Å². The Hall–Kier alpha value is -2.25. The molecule has 108 valence electrons. The van der Waals surface area contributed by atoms with Gasteiger partial charge in [0.05, 0.1) is 22.7 Å². The van der Waals surface area contributed by atoms with E-state index < -0.39 is 17.8 Å². The van der Waals surface area contributed by atoms with E-state index in [1.165, 1.54) is 6.07 Å². The van der Waals surface area contributed by atoms with E-state index in [0.29, 0.717) is 5.52 Å². The Labute approximate surface area is 112 Å². The van der Waals surface area contributed by atoms with Crippen molar-refractivity contribution in [1.82, 2.24) is 9.97 Å². The second-order valence-electron chi connectivity index (χ2n) is 4.39. The number of halogens is 3. The molecule has 0 fully saturated rings. The van der Waals surface area contributed by atoms with Gasteiger partial charge in [0.1, 0.15) is 0 Å². The first-order valence-electron chi connectivity index (χ1n) is 5.80. The largest absolute Gasteiger partial charge is 0.447 e. The van der Waals surface area contributed by atoms with Crippen molar-refractivity contribution in [2.75, 3.05) is 5.32 Å². The number of nitrogens with one attached hydrogen (secondary N) is 2. The maximum Gasteiger partial charge on any atom is 0.416 e. The lowest BCUT2D eigenvalue weighted by atomic mass is 10.2. The van der Waals surface area contributed by atoms with Crippen LogP contribution in [-0.4, -0.2) is 22.2 Å². The number of anilines is 1. The van der Waals surface area contributed by atoms with Crippen LogP contribution in [0.25, 0.3) is 11.0 Å². The third-order valence-electron chi connectivity index (χ3n) is 2.37. The molecule has 0 aliphatic rings. The van der Waals surface area contributed by atoms with Crippen molar-refractivity contribution in [3.63, 3.8) is 0 Å². The van der Waals surface area contributed by atoms with Crippen molar-refractivity contribution in [2.24, 2.45) is 0 Å². The molecule has 2 rings (SSSR count). The summed E-state index contributed by atoms with van der Waals surface area (Å²) in [5.41, 5.74) is -0.289. The van der Waals surface area contributed by atoms with Crippen molar-refractivity contribution < 1.29 is 22.7 Å². The second kappa shape index (κ2) is 5.03. The summed E-state index contributed by atoms with van der Waals surface area (Å²) in [6, 6.07) is 3.09. The molecule has 0 saturated heterocycles. The predicted molar refractivity (Wildman–Crippen MR) is 66.3 cm³/mol. The van der Waals surface area contributed by atoms with E-state index >= 15 is 0 Å². The number of benzene rings is 1. The average Bonchev–Trinajstić information content (AvgIpc) is 2.66. The number of aromatic nitrogens is 2. The van der Waals surface area contributed by atoms with Gasteiger partial charge in [-0.05, 0) is 32.0 Å². The van der Waals surface area contributed by atoms with Crippen LogP contribution in [0.1, 0.15) is 19.4 Å². The van der Waals surface area contributed by atoms with E-state index in [1.807, 2.05) is 0 Å². The topological polar surface area (TPSA) is 67.0 Å². The molecule has 2 aromatic rings. The molecule has 0 unspecified atom stereocenters. The zero-order chi connectivity index (χ0) is 14.9. The maximum absolute atomic E-state index is 12.6. The fraction of sp³-hybridized carbons (Fsp3) is 0.333. The lowest BCUT2D eigenvalue weighted by Gasteiger charge is -2.06. The number of imidazole rings is 1. The molecule has 0 aliphatic carbocycles. The number of fused-ring (bicyclic) bond motifs is 1. The molecule has 0 saturated carbocycles. The van der Waals surface area contributed by atoms with Gasteiger partial charge >= 0.3 is 12.3 Å². The molecular weight excluding hydrogens is 275 g/mol. The van der Waals surface area contributed by atoms with Crippen LogP contribution in [-0.2, 0) is 10.9 Å². The highest BCUT2D eigenvalue weighted by Crippen LogP contribution is 2.31. The molecule has 5 nitrogen and oxygen atoms in total. The van der Waals surface area contributed by atoms with Gasteiger partial charge in [0, 0.05) is 0 Å². The number of carbonyl (C=O) groups is 1. The summed E-state index contributed by atoms with van der Waals surface area (Å²) in [6.45, 7) is 3.35. The van der Waals surface area contributed by atoms with Gasteiger partial charge in [0.25, 0.3) is 0 Å². The number of ether oxygens (including phenoxy) is 1. The Balaban J connectivity index is 2.23.